The molecule has 88 valence electrons. The largest absolute Gasteiger partial charge is 0.497 e. The average molecular weight is 219 g/mol. The number of piperidine rings is 1. The normalized spacial score (nSPS) is 30.1. The zero-order chi connectivity index (χ0) is 11.6. The number of benzene rings is 1. The van der Waals surface area contributed by atoms with Gasteiger partial charge < -0.3 is 10.1 Å². The van der Waals surface area contributed by atoms with Gasteiger partial charge in [-0.25, -0.2) is 0 Å². The van der Waals surface area contributed by atoms with Crippen LogP contribution in [-0.4, -0.2) is 20.2 Å². The summed E-state index contributed by atoms with van der Waals surface area (Å²) in [5, 5.41) is 3.46. The van der Waals surface area contributed by atoms with Crippen molar-refractivity contribution in [2.75, 3.05) is 20.2 Å². The molecule has 16 heavy (non-hydrogen) atoms. The fraction of sp³-hybridized carbons (Fsp3) is 0.571. The van der Waals surface area contributed by atoms with Crippen molar-refractivity contribution >= 4 is 0 Å². The van der Waals surface area contributed by atoms with E-state index < -0.39 is 0 Å². The topological polar surface area (TPSA) is 21.3 Å². The van der Waals surface area contributed by atoms with Crippen LogP contribution in [0, 0.1) is 5.92 Å². The second kappa shape index (κ2) is 4.46. The summed E-state index contributed by atoms with van der Waals surface area (Å²) in [5.74, 6) is 1.62. The molecule has 1 fully saturated rings. The van der Waals surface area contributed by atoms with Gasteiger partial charge in [-0.1, -0.05) is 26.0 Å². The maximum atomic E-state index is 5.31. The Kier molecular flexibility index (Phi) is 3.20. The van der Waals surface area contributed by atoms with Gasteiger partial charge in [0.25, 0.3) is 0 Å². The van der Waals surface area contributed by atoms with Crippen molar-refractivity contribution in [3.8, 4) is 5.75 Å². The van der Waals surface area contributed by atoms with Crippen molar-refractivity contribution in [2.45, 2.75) is 25.7 Å². The zero-order valence-electron chi connectivity index (χ0n) is 10.4. The summed E-state index contributed by atoms with van der Waals surface area (Å²) >= 11 is 0. The molecular formula is C14H21NO. The Morgan fingerprint density at radius 3 is 2.94 bits per heavy atom. The SMILES string of the molecule is COc1cccc(C2(C)CCNCC2C)c1. The minimum atomic E-state index is 0.278. The molecule has 1 N–H and O–H groups in total. The highest BCUT2D eigenvalue weighted by Crippen LogP contribution is 2.38. The summed E-state index contributed by atoms with van der Waals surface area (Å²) in [4.78, 5) is 0. The van der Waals surface area contributed by atoms with E-state index in [-0.39, 0.29) is 5.41 Å². The molecule has 0 aliphatic carbocycles. The fourth-order valence-corrected chi connectivity index (χ4v) is 2.55. The molecule has 1 aliphatic rings. The van der Waals surface area contributed by atoms with Gasteiger partial charge in [-0.2, -0.15) is 0 Å². The number of hydrogen-bond donors (Lipinski definition) is 1. The van der Waals surface area contributed by atoms with Crippen LogP contribution in [0.5, 0.6) is 5.75 Å². The fourth-order valence-electron chi connectivity index (χ4n) is 2.55. The number of methoxy groups -OCH3 is 1. The Balaban J connectivity index is 2.33. The monoisotopic (exact) mass is 219 g/mol. The molecule has 1 saturated heterocycles. The van der Waals surface area contributed by atoms with Crippen LogP contribution in [0.1, 0.15) is 25.8 Å². The third-order valence-corrected chi connectivity index (χ3v) is 4.09. The van der Waals surface area contributed by atoms with Gasteiger partial charge in [0.2, 0.25) is 0 Å². The predicted octanol–water partition coefficient (Wildman–Crippen LogP) is 2.58. The van der Waals surface area contributed by atoms with Crippen molar-refractivity contribution in [3.63, 3.8) is 0 Å². The molecule has 1 aromatic rings. The lowest BCUT2D eigenvalue weighted by molar-refractivity contribution is 0.237. The van der Waals surface area contributed by atoms with Crippen LogP contribution < -0.4 is 10.1 Å². The van der Waals surface area contributed by atoms with E-state index in [1.54, 1.807) is 7.11 Å². The van der Waals surface area contributed by atoms with Crippen LogP contribution >= 0.6 is 0 Å². The van der Waals surface area contributed by atoms with Crippen LogP contribution in [0.3, 0.4) is 0 Å². The van der Waals surface area contributed by atoms with Crippen LogP contribution in [-0.2, 0) is 5.41 Å². The molecular weight excluding hydrogens is 198 g/mol. The maximum Gasteiger partial charge on any atom is 0.119 e. The molecule has 2 rings (SSSR count). The van der Waals surface area contributed by atoms with E-state index >= 15 is 0 Å². The van der Waals surface area contributed by atoms with Gasteiger partial charge in [-0.3, -0.25) is 0 Å². The van der Waals surface area contributed by atoms with Crippen LogP contribution in [0.2, 0.25) is 0 Å². The first-order valence-corrected chi connectivity index (χ1v) is 6.02. The van der Waals surface area contributed by atoms with E-state index in [0.29, 0.717) is 5.92 Å². The quantitative estimate of drug-likeness (QED) is 0.825. The van der Waals surface area contributed by atoms with Gasteiger partial charge in [0.1, 0.15) is 5.75 Å². The van der Waals surface area contributed by atoms with Crippen molar-refractivity contribution in [3.05, 3.63) is 29.8 Å². The van der Waals surface area contributed by atoms with E-state index in [1.807, 2.05) is 6.07 Å². The molecule has 1 heterocycles. The van der Waals surface area contributed by atoms with E-state index in [1.165, 1.54) is 12.0 Å². The minimum absolute atomic E-state index is 0.278. The molecule has 0 saturated carbocycles. The number of nitrogens with one attached hydrogen (secondary N) is 1. The Hall–Kier alpha value is -1.02. The molecule has 2 heteroatoms. The van der Waals surface area contributed by atoms with E-state index in [9.17, 15) is 0 Å². The number of rotatable bonds is 2. The number of hydrogen-bond acceptors (Lipinski definition) is 2. The van der Waals surface area contributed by atoms with Crippen LogP contribution in [0.15, 0.2) is 24.3 Å². The first kappa shape index (κ1) is 11.5. The Bertz CT molecular complexity index is 364. The van der Waals surface area contributed by atoms with E-state index in [2.05, 4.69) is 37.4 Å². The standard InChI is InChI=1S/C14H21NO/c1-11-10-15-8-7-14(11,2)12-5-4-6-13(9-12)16-3/h4-6,9,11,15H,7-8,10H2,1-3H3. The smallest absolute Gasteiger partial charge is 0.119 e. The second-order valence-electron chi connectivity index (χ2n) is 5.00. The van der Waals surface area contributed by atoms with Crippen molar-refractivity contribution < 1.29 is 4.74 Å². The lowest BCUT2D eigenvalue weighted by Gasteiger charge is -2.40. The van der Waals surface area contributed by atoms with Gasteiger partial charge >= 0.3 is 0 Å². The summed E-state index contributed by atoms with van der Waals surface area (Å²) in [6, 6.07) is 8.51. The molecule has 1 aromatic carbocycles. The Morgan fingerprint density at radius 1 is 1.44 bits per heavy atom. The lowest BCUT2D eigenvalue weighted by Crippen LogP contribution is -2.44. The lowest BCUT2D eigenvalue weighted by atomic mass is 9.68. The Labute approximate surface area is 98.0 Å². The summed E-state index contributed by atoms with van der Waals surface area (Å²) < 4.78 is 5.31. The molecule has 2 nitrogen and oxygen atoms in total. The molecule has 0 radical (unpaired) electrons. The summed E-state index contributed by atoms with van der Waals surface area (Å²) in [5.41, 5.74) is 1.68. The molecule has 2 unspecified atom stereocenters. The first-order chi connectivity index (χ1) is 7.66. The van der Waals surface area contributed by atoms with Crippen LogP contribution in [0.4, 0.5) is 0 Å². The predicted molar refractivity (Wildman–Crippen MR) is 67.0 cm³/mol. The highest BCUT2D eigenvalue weighted by atomic mass is 16.5. The van der Waals surface area contributed by atoms with Gasteiger partial charge in [0.15, 0.2) is 0 Å². The first-order valence-electron chi connectivity index (χ1n) is 6.02. The summed E-state index contributed by atoms with van der Waals surface area (Å²) in [6.07, 6.45) is 1.20. The highest BCUT2D eigenvalue weighted by Gasteiger charge is 2.35. The molecule has 0 amide bonds. The van der Waals surface area contributed by atoms with Gasteiger partial charge in [-0.15, -0.1) is 0 Å². The molecule has 2 atom stereocenters. The van der Waals surface area contributed by atoms with Crippen molar-refractivity contribution in [1.82, 2.24) is 5.32 Å². The molecule has 0 aromatic heterocycles. The van der Waals surface area contributed by atoms with E-state index in [0.717, 1.165) is 18.8 Å². The Morgan fingerprint density at radius 2 is 2.25 bits per heavy atom. The van der Waals surface area contributed by atoms with Crippen molar-refractivity contribution in [1.29, 1.82) is 0 Å². The highest BCUT2D eigenvalue weighted by molar-refractivity contribution is 5.34. The maximum absolute atomic E-state index is 5.31. The third kappa shape index (κ3) is 1.94. The minimum Gasteiger partial charge on any atom is -0.497 e. The summed E-state index contributed by atoms with van der Waals surface area (Å²) in [6.45, 7) is 6.91. The molecule has 0 bridgehead atoms. The van der Waals surface area contributed by atoms with Gasteiger partial charge in [0.05, 0.1) is 7.11 Å². The van der Waals surface area contributed by atoms with E-state index in [4.69, 9.17) is 4.74 Å². The third-order valence-electron chi connectivity index (χ3n) is 4.09. The van der Waals surface area contributed by atoms with Gasteiger partial charge in [-0.05, 0) is 48.5 Å². The average Bonchev–Trinajstić information content (AvgIpc) is 2.33. The van der Waals surface area contributed by atoms with Gasteiger partial charge in [0, 0.05) is 0 Å². The zero-order valence-corrected chi connectivity index (χ0v) is 10.4. The molecule has 1 aliphatic heterocycles. The number of ether oxygens (including phenoxy) is 1. The summed E-state index contributed by atoms with van der Waals surface area (Å²) in [7, 11) is 1.73. The second-order valence-corrected chi connectivity index (χ2v) is 5.00. The molecule has 0 spiro atoms. The van der Waals surface area contributed by atoms with Crippen molar-refractivity contribution in [2.24, 2.45) is 5.92 Å². The van der Waals surface area contributed by atoms with Crippen LogP contribution in [0.25, 0.3) is 0 Å².